The molecule has 1 N–H and O–H groups in total. The molecule has 1 fully saturated rings. The first-order valence-corrected chi connectivity index (χ1v) is 7.46. The van der Waals surface area contributed by atoms with E-state index in [1.165, 1.54) is 10.7 Å². The van der Waals surface area contributed by atoms with Gasteiger partial charge in [0.2, 0.25) is 5.91 Å². The van der Waals surface area contributed by atoms with Crippen LogP contribution >= 0.6 is 0 Å². The van der Waals surface area contributed by atoms with E-state index < -0.39 is 5.54 Å². The normalized spacial score (nSPS) is 14.6. The van der Waals surface area contributed by atoms with Gasteiger partial charge >= 0.3 is 0 Å². The van der Waals surface area contributed by atoms with Crippen molar-refractivity contribution in [3.8, 4) is 11.3 Å². The smallest absolute Gasteiger partial charge is 0.267 e. The number of carbonyl (C=O) groups excluding carboxylic acids is 1. The summed E-state index contributed by atoms with van der Waals surface area (Å²) >= 11 is 0. The van der Waals surface area contributed by atoms with E-state index in [-0.39, 0.29) is 17.5 Å². The Labute approximate surface area is 129 Å². The monoisotopic (exact) mass is 297 g/mol. The Morgan fingerprint density at radius 1 is 1.18 bits per heavy atom. The van der Waals surface area contributed by atoms with E-state index in [1.54, 1.807) is 19.9 Å². The number of carbonyl (C=O) groups is 1. The summed E-state index contributed by atoms with van der Waals surface area (Å²) in [5.41, 5.74) is 0.280. The maximum Gasteiger partial charge on any atom is 0.267 e. The van der Waals surface area contributed by atoms with E-state index in [2.05, 4.69) is 10.4 Å². The standard InChI is InChI=1S/C17H19N3O2/c1-17(2,16(22)18-13-8-9-13)20-15(21)11-10-14(19-20)12-6-4-3-5-7-12/h3-7,10-11,13H,8-9H2,1-2H3,(H,18,22). The van der Waals surface area contributed by atoms with Crippen LogP contribution in [0.15, 0.2) is 47.3 Å². The number of nitrogens with one attached hydrogen (secondary N) is 1. The zero-order valence-corrected chi connectivity index (χ0v) is 12.7. The minimum Gasteiger partial charge on any atom is -0.351 e. The third-order valence-corrected chi connectivity index (χ3v) is 3.87. The highest BCUT2D eigenvalue weighted by atomic mass is 16.2. The lowest BCUT2D eigenvalue weighted by Gasteiger charge is -2.25. The van der Waals surface area contributed by atoms with Gasteiger partial charge in [0.05, 0.1) is 5.69 Å². The van der Waals surface area contributed by atoms with E-state index >= 15 is 0 Å². The molecule has 0 spiro atoms. The van der Waals surface area contributed by atoms with Gasteiger partial charge in [-0.05, 0) is 32.8 Å². The average molecular weight is 297 g/mol. The van der Waals surface area contributed by atoms with E-state index in [0.29, 0.717) is 5.69 Å². The molecule has 0 aliphatic heterocycles. The summed E-state index contributed by atoms with van der Waals surface area (Å²) in [6.45, 7) is 3.43. The quantitative estimate of drug-likeness (QED) is 0.938. The molecule has 0 atom stereocenters. The van der Waals surface area contributed by atoms with Gasteiger partial charge in [-0.25, -0.2) is 4.68 Å². The van der Waals surface area contributed by atoms with Crippen molar-refractivity contribution < 1.29 is 4.79 Å². The van der Waals surface area contributed by atoms with Gasteiger partial charge in [-0.3, -0.25) is 9.59 Å². The van der Waals surface area contributed by atoms with Gasteiger partial charge in [-0.15, -0.1) is 0 Å². The SMILES string of the molecule is CC(C)(C(=O)NC1CC1)n1nc(-c2ccccc2)ccc1=O. The van der Waals surface area contributed by atoms with Crippen LogP contribution in [0.5, 0.6) is 0 Å². The number of benzene rings is 1. The fourth-order valence-corrected chi connectivity index (χ4v) is 2.26. The summed E-state index contributed by atoms with van der Waals surface area (Å²) in [5, 5.41) is 7.35. The third-order valence-electron chi connectivity index (χ3n) is 3.87. The molecule has 5 heteroatoms. The average Bonchev–Trinajstić information content (AvgIpc) is 3.32. The maximum atomic E-state index is 12.4. The van der Waals surface area contributed by atoms with Crippen LogP contribution in [-0.4, -0.2) is 21.7 Å². The second kappa shape index (κ2) is 5.40. The molecule has 1 amide bonds. The van der Waals surface area contributed by atoms with Crippen molar-refractivity contribution in [2.24, 2.45) is 0 Å². The van der Waals surface area contributed by atoms with Crippen LogP contribution in [0.4, 0.5) is 0 Å². The van der Waals surface area contributed by atoms with Gasteiger partial charge in [-0.2, -0.15) is 5.10 Å². The van der Waals surface area contributed by atoms with Crippen LogP contribution in [0.2, 0.25) is 0 Å². The van der Waals surface area contributed by atoms with Crippen molar-refractivity contribution in [3.05, 3.63) is 52.8 Å². The molecule has 22 heavy (non-hydrogen) atoms. The van der Waals surface area contributed by atoms with Crippen molar-refractivity contribution >= 4 is 5.91 Å². The Morgan fingerprint density at radius 3 is 2.50 bits per heavy atom. The van der Waals surface area contributed by atoms with Crippen molar-refractivity contribution in [2.45, 2.75) is 38.3 Å². The second-order valence-corrected chi connectivity index (χ2v) is 6.14. The molecular formula is C17H19N3O2. The molecule has 0 radical (unpaired) electrons. The minimum atomic E-state index is -1.02. The number of nitrogens with zero attached hydrogens (tertiary/aromatic N) is 2. The highest BCUT2D eigenvalue weighted by molar-refractivity contribution is 5.84. The predicted molar refractivity (Wildman–Crippen MR) is 84.4 cm³/mol. The number of amides is 1. The molecule has 0 bridgehead atoms. The molecule has 2 aromatic rings. The van der Waals surface area contributed by atoms with Gasteiger partial charge in [0, 0.05) is 17.7 Å². The van der Waals surface area contributed by atoms with Gasteiger partial charge in [0.1, 0.15) is 5.54 Å². The summed E-state index contributed by atoms with van der Waals surface area (Å²) in [6, 6.07) is 13.0. The Morgan fingerprint density at radius 2 is 1.86 bits per heavy atom. The van der Waals surface area contributed by atoms with Gasteiger partial charge in [0.25, 0.3) is 5.56 Å². The summed E-state index contributed by atoms with van der Waals surface area (Å²) < 4.78 is 1.27. The van der Waals surface area contributed by atoms with E-state index in [1.807, 2.05) is 30.3 Å². The van der Waals surface area contributed by atoms with E-state index in [9.17, 15) is 9.59 Å². The summed E-state index contributed by atoms with van der Waals surface area (Å²) in [6.07, 6.45) is 2.02. The lowest BCUT2D eigenvalue weighted by molar-refractivity contribution is -0.129. The Bertz CT molecular complexity index is 746. The second-order valence-electron chi connectivity index (χ2n) is 6.14. The van der Waals surface area contributed by atoms with Crippen LogP contribution in [0, 0.1) is 0 Å². The third kappa shape index (κ3) is 2.79. The maximum absolute atomic E-state index is 12.4. The molecule has 1 saturated carbocycles. The van der Waals surface area contributed by atoms with Crippen LogP contribution in [-0.2, 0) is 10.3 Å². The highest BCUT2D eigenvalue weighted by Crippen LogP contribution is 2.22. The van der Waals surface area contributed by atoms with Crippen molar-refractivity contribution in [2.75, 3.05) is 0 Å². The molecular weight excluding hydrogens is 278 g/mol. The van der Waals surface area contributed by atoms with Crippen LogP contribution in [0.1, 0.15) is 26.7 Å². The number of hydrogen-bond acceptors (Lipinski definition) is 3. The number of hydrogen-bond donors (Lipinski definition) is 1. The van der Waals surface area contributed by atoms with Gasteiger partial charge in [-0.1, -0.05) is 30.3 Å². The zero-order chi connectivity index (χ0) is 15.7. The Kier molecular flexibility index (Phi) is 3.56. The van der Waals surface area contributed by atoms with E-state index in [0.717, 1.165) is 18.4 Å². The van der Waals surface area contributed by atoms with Gasteiger partial charge in [0.15, 0.2) is 0 Å². The first-order chi connectivity index (χ1) is 10.5. The molecule has 114 valence electrons. The number of rotatable bonds is 4. The van der Waals surface area contributed by atoms with E-state index in [4.69, 9.17) is 0 Å². The highest BCUT2D eigenvalue weighted by Gasteiger charge is 2.35. The van der Waals surface area contributed by atoms with Crippen LogP contribution in [0.25, 0.3) is 11.3 Å². The van der Waals surface area contributed by atoms with Crippen LogP contribution < -0.4 is 10.9 Å². The molecule has 3 rings (SSSR count). The zero-order valence-electron chi connectivity index (χ0n) is 12.7. The molecule has 0 unspecified atom stereocenters. The molecule has 1 aliphatic rings. The molecule has 0 saturated heterocycles. The molecule has 1 aromatic heterocycles. The Balaban J connectivity index is 1.98. The lowest BCUT2D eigenvalue weighted by atomic mass is 10.0. The molecule has 1 aromatic carbocycles. The summed E-state index contributed by atoms with van der Waals surface area (Å²) in [5.74, 6) is -0.171. The van der Waals surface area contributed by atoms with Crippen LogP contribution in [0.3, 0.4) is 0 Å². The van der Waals surface area contributed by atoms with Crippen molar-refractivity contribution in [1.82, 2.24) is 15.1 Å². The fourth-order valence-electron chi connectivity index (χ4n) is 2.26. The van der Waals surface area contributed by atoms with Crippen molar-refractivity contribution in [1.29, 1.82) is 0 Å². The fraction of sp³-hybridized carbons (Fsp3) is 0.353. The topological polar surface area (TPSA) is 64.0 Å². The Hall–Kier alpha value is -2.43. The summed E-state index contributed by atoms with van der Waals surface area (Å²) in [7, 11) is 0. The largest absolute Gasteiger partial charge is 0.351 e. The van der Waals surface area contributed by atoms with Crippen molar-refractivity contribution in [3.63, 3.8) is 0 Å². The van der Waals surface area contributed by atoms with Gasteiger partial charge < -0.3 is 5.32 Å². The number of aromatic nitrogens is 2. The predicted octanol–water partition coefficient (Wildman–Crippen LogP) is 1.92. The first-order valence-electron chi connectivity index (χ1n) is 7.46. The first kappa shape index (κ1) is 14.5. The summed E-state index contributed by atoms with van der Waals surface area (Å²) in [4.78, 5) is 24.6. The lowest BCUT2D eigenvalue weighted by Crippen LogP contribution is -2.50. The molecule has 5 nitrogen and oxygen atoms in total. The minimum absolute atomic E-state index is 0.171. The molecule has 1 heterocycles. The molecule has 1 aliphatic carbocycles.